The summed E-state index contributed by atoms with van der Waals surface area (Å²) in [4.78, 5) is 63.0. The van der Waals surface area contributed by atoms with E-state index in [0.29, 0.717) is 43.1 Å². The van der Waals surface area contributed by atoms with Crippen LogP contribution in [-0.4, -0.2) is 122 Å². The number of hydrogen-bond acceptors (Lipinski definition) is 12. The standard InChI is InChI=1S/C45H48ClN9O5/c1-30-22-44(26-54(30)35-7-4-32(23-47)38(46)21-35)12-14-51(15-13-44)33-5-2-31(3-6-33)24-60-29-50-16-18-53(19-17-50)45(25-48)27-52(28-45)34-8-9-36-37(20-34)43(59)55(42(36)58)39-10-11-40(56)49-41(39)57/h2-9,20-21,30,39H,10-19,22,24,26-29H2,1H3,(H,49,56,57)/t30-,39?/m0/s1. The molecule has 4 amide bonds. The predicted molar refractivity (Wildman–Crippen MR) is 224 cm³/mol. The van der Waals surface area contributed by atoms with Crippen molar-refractivity contribution in [3.8, 4) is 12.1 Å². The molecule has 6 aliphatic heterocycles. The molecule has 14 nitrogen and oxygen atoms in total. The minimum Gasteiger partial charge on any atom is -0.371 e. The molecule has 5 saturated heterocycles. The van der Waals surface area contributed by atoms with Gasteiger partial charge in [-0.1, -0.05) is 23.7 Å². The summed E-state index contributed by atoms with van der Waals surface area (Å²) in [5.41, 5.74) is 4.82. The van der Waals surface area contributed by atoms with E-state index in [1.165, 1.54) is 5.69 Å². The van der Waals surface area contributed by atoms with E-state index in [4.69, 9.17) is 16.3 Å². The molecule has 5 fully saturated rings. The van der Waals surface area contributed by atoms with Gasteiger partial charge in [0.2, 0.25) is 11.8 Å². The lowest BCUT2D eigenvalue weighted by molar-refractivity contribution is -0.136. The van der Waals surface area contributed by atoms with Crippen molar-refractivity contribution in [2.24, 2.45) is 5.41 Å². The topological polar surface area (TPSA) is 157 Å². The van der Waals surface area contributed by atoms with Gasteiger partial charge in [0.15, 0.2) is 0 Å². The molecule has 3 aromatic carbocycles. The molecule has 0 aromatic heterocycles. The maximum Gasteiger partial charge on any atom is 0.262 e. The molecule has 6 aliphatic rings. The highest BCUT2D eigenvalue weighted by atomic mass is 35.5. The van der Waals surface area contributed by atoms with Gasteiger partial charge in [-0.15, -0.1) is 0 Å². The zero-order valence-corrected chi connectivity index (χ0v) is 34.5. The largest absolute Gasteiger partial charge is 0.371 e. The molecule has 60 heavy (non-hydrogen) atoms. The molecule has 0 bridgehead atoms. The number of fused-ring (bicyclic) bond motifs is 1. The highest BCUT2D eigenvalue weighted by molar-refractivity contribution is 6.32. The monoisotopic (exact) mass is 829 g/mol. The second-order valence-electron chi connectivity index (χ2n) is 17.4. The number of piperazine rings is 1. The number of rotatable bonds is 9. The smallest absolute Gasteiger partial charge is 0.262 e. The first-order valence-electron chi connectivity index (χ1n) is 20.9. The Balaban J connectivity index is 0.712. The van der Waals surface area contributed by atoms with Crippen LogP contribution in [0.15, 0.2) is 60.7 Å². The maximum atomic E-state index is 13.3. The summed E-state index contributed by atoms with van der Waals surface area (Å²) in [6.07, 6.45) is 3.60. The van der Waals surface area contributed by atoms with E-state index in [0.717, 1.165) is 86.9 Å². The summed E-state index contributed by atoms with van der Waals surface area (Å²) < 4.78 is 6.16. The normalized spacial score (nSPS) is 24.0. The van der Waals surface area contributed by atoms with E-state index in [1.54, 1.807) is 18.2 Å². The summed E-state index contributed by atoms with van der Waals surface area (Å²) >= 11 is 6.38. The highest BCUT2D eigenvalue weighted by Gasteiger charge is 2.50. The van der Waals surface area contributed by atoms with Crippen LogP contribution in [0.5, 0.6) is 0 Å². The molecule has 1 unspecified atom stereocenters. The van der Waals surface area contributed by atoms with Crippen LogP contribution < -0.4 is 20.0 Å². The number of ether oxygens (including phenoxy) is 1. The number of nitrogens with one attached hydrogen (secondary N) is 1. The van der Waals surface area contributed by atoms with Gasteiger partial charge in [0.25, 0.3) is 11.8 Å². The minimum absolute atomic E-state index is 0.0670. The molecule has 0 aliphatic carbocycles. The number of nitrogens with zero attached hydrogens (tertiary/aromatic N) is 8. The van der Waals surface area contributed by atoms with E-state index >= 15 is 0 Å². The molecular weight excluding hydrogens is 782 g/mol. The molecule has 1 spiro atoms. The fourth-order valence-corrected chi connectivity index (χ4v) is 10.4. The summed E-state index contributed by atoms with van der Waals surface area (Å²) in [5, 5.41) is 22.4. The second kappa shape index (κ2) is 15.8. The van der Waals surface area contributed by atoms with E-state index in [1.807, 2.05) is 23.1 Å². The van der Waals surface area contributed by atoms with Crippen molar-refractivity contribution < 1.29 is 23.9 Å². The Morgan fingerprint density at radius 1 is 0.817 bits per heavy atom. The Morgan fingerprint density at radius 3 is 2.20 bits per heavy atom. The number of benzene rings is 3. The zero-order valence-electron chi connectivity index (χ0n) is 33.7. The molecule has 15 heteroatoms. The molecule has 0 saturated carbocycles. The van der Waals surface area contributed by atoms with Crippen molar-refractivity contribution in [1.29, 1.82) is 10.5 Å². The van der Waals surface area contributed by atoms with Gasteiger partial charge in [-0.05, 0) is 92.1 Å². The number of halogens is 1. The number of nitriles is 2. The number of anilines is 3. The molecule has 6 heterocycles. The van der Waals surface area contributed by atoms with Crippen LogP contribution in [0.3, 0.4) is 0 Å². The second-order valence-corrected chi connectivity index (χ2v) is 17.8. The number of amides is 4. The van der Waals surface area contributed by atoms with Gasteiger partial charge < -0.3 is 19.4 Å². The van der Waals surface area contributed by atoms with Crippen molar-refractivity contribution in [1.82, 2.24) is 20.0 Å². The maximum absolute atomic E-state index is 13.3. The number of hydrogen-bond donors (Lipinski definition) is 1. The fraction of sp³-hybridized carbons (Fsp3) is 0.467. The van der Waals surface area contributed by atoms with Gasteiger partial charge in [-0.2, -0.15) is 10.5 Å². The van der Waals surface area contributed by atoms with Crippen molar-refractivity contribution in [3.63, 3.8) is 0 Å². The molecule has 9 rings (SSSR count). The molecular formula is C45H48ClN9O5. The number of piperidine rings is 2. The average molecular weight is 830 g/mol. The molecule has 3 aromatic rings. The Hall–Kier alpha value is -5.51. The van der Waals surface area contributed by atoms with Crippen molar-refractivity contribution >= 4 is 52.3 Å². The minimum atomic E-state index is -1.01. The third-order valence-corrected chi connectivity index (χ3v) is 14.0. The molecule has 1 N–H and O–H groups in total. The van der Waals surface area contributed by atoms with E-state index in [9.17, 15) is 29.7 Å². The Kier molecular flexibility index (Phi) is 10.5. The summed E-state index contributed by atoms with van der Waals surface area (Å²) in [6, 6.07) is 23.7. The van der Waals surface area contributed by atoms with Crippen LogP contribution >= 0.6 is 11.6 Å². The van der Waals surface area contributed by atoms with Gasteiger partial charge in [0, 0.05) is 75.3 Å². The Morgan fingerprint density at radius 2 is 1.52 bits per heavy atom. The van der Waals surface area contributed by atoms with Gasteiger partial charge in [0.1, 0.15) is 17.6 Å². The van der Waals surface area contributed by atoms with E-state index in [2.05, 4.69) is 68.2 Å². The van der Waals surface area contributed by atoms with Crippen LogP contribution in [0.25, 0.3) is 0 Å². The molecule has 310 valence electrons. The third kappa shape index (κ3) is 7.26. The lowest BCUT2D eigenvalue weighted by atomic mass is 9.76. The zero-order chi connectivity index (χ0) is 41.8. The van der Waals surface area contributed by atoms with Gasteiger partial charge in [-0.25, -0.2) is 0 Å². The predicted octanol–water partition coefficient (Wildman–Crippen LogP) is 4.37. The average Bonchev–Trinajstić information content (AvgIpc) is 3.69. The lowest BCUT2D eigenvalue weighted by Crippen LogP contribution is -2.72. The van der Waals surface area contributed by atoms with Crippen LogP contribution in [0.2, 0.25) is 5.02 Å². The summed E-state index contributed by atoms with van der Waals surface area (Å²) in [5.74, 6) is -2.12. The molecule has 0 radical (unpaired) electrons. The van der Waals surface area contributed by atoms with Crippen LogP contribution in [0, 0.1) is 28.1 Å². The fourth-order valence-electron chi connectivity index (χ4n) is 10.2. The quantitative estimate of drug-likeness (QED) is 0.305. The van der Waals surface area contributed by atoms with Crippen LogP contribution in [0.4, 0.5) is 17.1 Å². The van der Waals surface area contributed by atoms with E-state index in [-0.39, 0.29) is 29.4 Å². The van der Waals surface area contributed by atoms with Crippen LogP contribution in [0.1, 0.15) is 70.9 Å². The number of carbonyl (C=O) groups excluding carboxylic acids is 4. The Bertz CT molecular complexity index is 2300. The molecule has 2 atom stereocenters. The first kappa shape index (κ1) is 39.9. The highest BCUT2D eigenvalue weighted by Crippen LogP contribution is 2.46. The SMILES string of the molecule is C[C@H]1CC2(CCN(c3ccc(COCN4CCN(C5(C#N)CN(c6ccc7c(c6)C(=O)N(C6CCC(=O)NC6=O)C7=O)C5)CC4)cc3)CC2)CN1c1ccc(C#N)c(Cl)c1. The van der Waals surface area contributed by atoms with Gasteiger partial charge >= 0.3 is 0 Å². The van der Waals surface area contributed by atoms with Crippen molar-refractivity contribution in [2.45, 2.75) is 63.3 Å². The van der Waals surface area contributed by atoms with Crippen molar-refractivity contribution in [3.05, 3.63) is 87.9 Å². The summed E-state index contributed by atoms with van der Waals surface area (Å²) in [7, 11) is 0. The van der Waals surface area contributed by atoms with Gasteiger partial charge in [0.05, 0.1) is 54.2 Å². The van der Waals surface area contributed by atoms with Crippen LogP contribution in [-0.2, 0) is 20.9 Å². The number of imide groups is 2. The first-order chi connectivity index (χ1) is 29.0. The Labute approximate surface area is 354 Å². The third-order valence-electron chi connectivity index (χ3n) is 13.7. The van der Waals surface area contributed by atoms with Gasteiger partial charge in [-0.3, -0.25) is 39.2 Å². The number of carbonyl (C=O) groups is 4. The first-order valence-corrected chi connectivity index (χ1v) is 21.2. The lowest BCUT2D eigenvalue weighted by Gasteiger charge is -2.54. The van der Waals surface area contributed by atoms with E-state index < -0.39 is 35.2 Å². The van der Waals surface area contributed by atoms with Crippen molar-refractivity contribution in [2.75, 3.05) is 80.3 Å². The summed E-state index contributed by atoms with van der Waals surface area (Å²) in [6.45, 7) is 10.3.